The third-order valence-electron chi connectivity index (χ3n) is 4.34. The molecule has 0 aliphatic heterocycles. The molecule has 1 aliphatic carbocycles. The average molecular weight is 400 g/mol. The monoisotopic (exact) mass is 400 g/mol. The van der Waals surface area contributed by atoms with E-state index in [0.29, 0.717) is 23.5 Å². The smallest absolute Gasteiger partial charge is 0.404 e. The lowest BCUT2D eigenvalue weighted by Gasteiger charge is -2.16. The van der Waals surface area contributed by atoms with E-state index in [1.165, 1.54) is 18.2 Å². The van der Waals surface area contributed by atoms with Crippen molar-refractivity contribution in [3.05, 3.63) is 69.8 Å². The van der Waals surface area contributed by atoms with Gasteiger partial charge in [-0.2, -0.15) is 0 Å². The highest BCUT2D eigenvalue weighted by molar-refractivity contribution is 6.10. The number of carbonyl (C=O) groups excluding carboxylic acids is 2. The zero-order valence-corrected chi connectivity index (χ0v) is 16.2. The standard InChI is InChI=1S/C18H17NO4.C3H7NO2/c20-18(13-6-2-1-3-7-13)16-11-10-14(19(21)22)12-17(16)23-15-8-4-5-9-15;1-2-6-3(4)5/h1-3,6-7,10-12,15H,4-5,8-9H2;2H2,1H3,(H2,4,5). The summed E-state index contributed by atoms with van der Waals surface area (Å²) in [5, 5.41) is 11.0. The van der Waals surface area contributed by atoms with Crippen molar-refractivity contribution < 1.29 is 24.0 Å². The summed E-state index contributed by atoms with van der Waals surface area (Å²) in [5.74, 6) is 0.119. The summed E-state index contributed by atoms with van der Waals surface area (Å²) in [7, 11) is 0. The van der Waals surface area contributed by atoms with Crippen LogP contribution in [0.3, 0.4) is 0 Å². The molecule has 1 aliphatic rings. The molecule has 0 heterocycles. The SMILES string of the molecule is CCOC(N)=O.O=C(c1ccccc1)c1ccc([N+](=O)[O-])cc1OC1CCCC1. The first-order valence-electron chi connectivity index (χ1n) is 9.39. The van der Waals surface area contributed by atoms with Crippen LogP contribution in [0.4, 0.5) is 10.5 Å². The topological polar surface area (TPSA) is 122 Å². The van der Waals surface area contributed by atoms with Crippen LogP contribution in [0.1, 0.15) is 48.5 Å². The molecule has 0 atom stereocenters. The number of non-ortho nitro benzene ring substituents is 1. The number of benzene rings is 2. The summed E-state index contributed by atoms with van der Waals surface area (Å²) in [5.41, 5.74) is 5.38. The zero-order chi connectivity index (χ0) is 21.2. The van der Waals surface area contributed by atoms with E-state index < -0.39 is 11.0 Å². The van der Waals surface area contributed by atoms with E-state index in [0.717, 1.165) is 25.7 Å². The molecule has 29 heavy (non-hydrogen) atoms. The molecule has 2 aromatic rings. The molecule has 0 bridgehead atoms. The summed E-state index contributed by atoms with van der Waals surface area (Å²) < 4.78 is 10.1. The molecule has 3 rings (SSSR count). The molecule has 2 aromatic carbocycles. The Balaban J connectivity index is 0.000000438. The third-order valence-corrected chi connectivity index (χ3v) is 4.34. The number of hydrogen-bond acceptors (Lipinski definition) is 6. The first kappa shape index (κ1) is 21.9. The fourth-order valence-corrected chi connectivity index (χ4v) is 2.98. The molecule has 0 spiro atoms. The molecular weight excluding hydrogens is 376 g/mol. The average Bonchev–Trinajstić information content (AvgIpc) is 3.21. The summed E-state index contributed by atoms with van der Waals surface area (Å²) >= 11 is 0. The van der Waals surface area contributed by atoms with Gasteiger partial charge in [0.1, 0.15) is 5.75 Å². The van der Waals surface area contributed by atoms with Crippen molar-refractivity contribution in [3.8, 4) is 5.75 Å². The fraction of sp³-hybridized carbons (Fsp3) is 0.333. The number of nitro groups is 1. The van der Waals surface area contributed by atoms with E-state index in [-0.39, 0.29) is 17.6 Å². The van der Waals surface area contributed by atoms with Gasteiger partial charge in [-0.25, -0.2) is 4.79 Å². The van der Waals surface area contributed by atoms with Crippen LogP contribution in [0.15, 0.2) is 48.5 Å². The minimum Gasteiger partial charge on any atom is -0.489 e. The maximum atomic E-state index is 12.7. The van der Waals surface area contributed by atoms with Crippen LogP contribution < -0.4 is 10.5 Å². The third kappa shape index (κ3) is 6.60. The Morgan fingerprint density at radius 1 is 1.14 bits per heavy atom. The van der Waals surface area contributed by atoms with E-state index in [2.05, 4.69) is 10.5 Å². The number of nitrogens with zero attached hydrogens (tertiary/aromatic N) is 1. The maximum Gasteiger partial charge on any atom is 0.404 e. The van der Waals surface area contributed by atoms with Gasteiger partial charge in [0.05, 0.1) is 29.3 Å². The van der Waals surface area contributed by atoms with Gasteiger partial charge in [-0.05, 0) is 38.7 Å². The lowest BCUT2D eigenvalue weighted by Crippen LogP contribution is -2.14. The number of carbonyl (C=O) groups is 2. The van der Waals surface area contributed by atoms with Gasteiger partial charge >= 0.3 is 6.09 Å². The Kier molecular flexibility index (Phi) is 8.14. The van der Waals surface area contributed by atoms with Gasteiger partial charge in [-0.1, -0.05) is 30.3 Å². The molecule has 0 saturated heterocycles. The normalized spacial score (nSPS) is 13.1. The number of amides is 1. The number of ketones is 1. The number of nitro benzene ring substituents is 1. The van der Waals surface area contributed by atoms with Gasteiger partial charge in [0, 0.05) is 11.6 Å². The van der Waals surface area contributed by atoms with Crippen molar-refractivity contribution in [1.29, 1.82) is 0 Å². The van der Waals surface area contributed by atoms with Crippen LogP contribution in [0.5, 0.6) is 5.75 Å². The quantitative estimate of drug-likeness (QED) is 0.439. The molecule has 1 saturated carbocycles. The van der Waals surface area contributed by atoms with Crippen molar-refractivity contribution in [2.45, 2.75) is 38.7 Å². The number of hydrogen-bond donors (Lipinski definition) is 1. The highest BCUT2D eigenvalue weighted by atomic mass is 16.6. The van der Waals surface area contributed by atoms with Gasteiger partial charge in [0.15, 0.2) is 5.78 Å². The van der Waals surface area contributed by atoms with Crippen molar-refractivity contribution >= 4 is 17.6 Å². The van der Waals surface area contributed by atoms with Crippen LogP contribution in [0.25, 0.3) is 0 Å². The molecule has 0 radical (unpaired) electrons. The molecule has 8 nitrogen and oxygen atoms in total. The predicted molar refractivity (Wildman–Crippen MR) is 107 cm³/mol. The predicted octanol–water partition coefficient (Wildman–Crippen LogP) is 4.25. The molecule has 0 aromatic heterocycles. The van der Waals surface area contributed by atoms with Gasteiger partial charge in [0.2, 0.25) is 0 Å². The molecule has 1 amide bonds. The van der Waals surface area contributed by atoms with Gasteiger partial charge in [-0.15, -0.1) is 0 Å². The minimum absolute atomic E-state index is 0.0272. The summed E-state index contributed by atoms with van der Waals surface area (Å²) in [4.78, 5) is 32.8. The van der Waals surface area contributed by atoms with Crippen molar-refractivity contribution in [2.24, 2.45) is 5.73 Å². The van der Waals surface area contributed by atoms with Crippen LogP contribution in [0.2, 0.25) is 0 Å². The van der Waals surface area contributed by atoms with Crippen LogP contribution in [-0.4, -0.2) is 29.5 Å². The number of rotatable bonds is 6. The van der Waals surface area contributed by atoms with Gasteiger partial charge in [0.25, 0.3) is 5.69 Å². The highest BCUT2D eigenvalue weighted by Gasteiger charge is 2.23. The van der Waals surface area contributed by atoms with Crippen molar-refractivity contribution in [2.75, 3.05) is 6.61 Å². The maximum absolute atomic E-state index is 12.7. The Bertz CT molecular complexity index is 848. The largest absolute Gasteiger partial charge is 0.489 e. The summed E-state index contributed by atoms with van der Waals surface area (Å²) in [6.45, 7) is 2.06. The summed E-state index contributed by atoms with van der Waals surface area (Å²) in [6.07, 6.45) is 3.32. The lowest BCUT2D eigenvalue weighted by atomic mass is 10.0. The van der Waals surface area contributed by atoms with Gasteiger partial charge < -0.3 is 15.2 Å². The Labute approximate surface area is 168 Å². The fourth-order valence-electron chi connectivity index (χ4n) is 2.98. The molecule has 8 heteroatoms. The summed E-state index contributed by atoms with van der Waals surface area (Å²) in [6, 6.07) is 13.0. The number of primary amides is 1. The number of nitrogens with two attached hydrogens (primary N) is 1. The Morgan fingerprint density at radius 2 is 1.79 bits per heavy atom. The first-order chi connectivity index (χ1) is 13.9. The molecule has 2 N–H and O–H groups in total. The Morgan fingerprint density at radius 3 is 2.31 bits per heavy atom. The molecule has 154 valence electrons. The molecular formula is C21H24N2O6. The first-order valence-corrected chi connectivity index (χ1v) is 9.39. The molecule has 1 fully saturated rings. The van der Waals surface area contributed by atoms with E-state index in [9.17, 15) is 19.7 Å². The van der Waals surface area contributed by atoms with E-state index >= 15 is 0 Å². The molecule has 0 unspecified atom stereocenters. The van der Waals surface area contributed by atoms with Crippen molar-refractivity contribution in [3.63, 3.8) is 0 Å². The van der Waals surface area contributed by atoms with Crippen molar-refractivity contribution in [1.82, 2.24) is 0 Å². The minimum atomic E-state index is -0.711. The second-order valence-electron chi connectivity index (χ2n) is 6.41. The second kappa shape index (κ2) is 10.8. The van der Waals surface area contributed by atoms with Gasteiger partial charge in [-0.3, -0.25) is 14.9 Å². The second-order valence-corrected chi connectivity index (χ2v) is 6.41. The highest BCUT2D eigenvalue weighted by Crippen LogP contribution is 2.31. The van der Waals surface area contributed by atoms with Crippen LogP contribution in [0, 0.1) is 10.1 Å². The van der Waals surface area contributed by atoms with Crippen LogP contribution in [-0.2, 0) is 4.74 Å². The van der Waals surface area contributed by atoms with Crippen LogP contribution >= 0.6 is 0 Å². The van der Waals surface area contributed by atoms with E-state index in [1.54, 1.807) is 31.2 Å². The lowest BCUT2D eigenvalue weighted by molar-refractivity contribution is -0.385. The van der Waals surface area contributed by atoms with E-state index in [4.69, 9.17) is 4.74 Å². The zero-order valence-electron chi connectivity index (χ0n) is 16.2. The Hall–Kier alpha value is -3.42. The van der Waals surface area contributed by atoms with E-state index in [1.807, 2.05) is 6.07 Å². The number of ether oxygens (including phenoxy) is 2.